The number of hydrogen-bond acceptors (Lipinski definition) is 4. The number of thiol groups is 1. The first-order valence-corrected chi connectivity index (χ1v) is 13.0. The normalized spacial score (nSPS) is 12.7. The van der Waals surface area contributed by atoms with Gasteiger partial charge in [-0.25, -0.2) is 4.79 Å². The average molecular weight is 568 g/mol. The number of hydrogen-bond donors (Lipinski definition) is 4. The van der Waals surface area contributed by atoms with Gasteiger partial charge < -0.3 is 20.1 Å². The monoisotopic (exact) mass is 566 g/mol. The molecule has 0 saturated heterocycles. The second-order valence-corrected chi connectivity index (χ2v) is 9.86. The number of nitrogens with one attached hydrogen (secondary N) is 2. The van der Waals surface area contributed by atoms with Gasteiger partial charge in [0.2, 0.25) is 5.91 Å². The number of carbonyl (C=O) groups excluding carboxylic acids is 1. The molecule has 0 aliphatic heterocycles. The van der Waals surface area contributed by atoms with Crippen LogP contribution in [0.1, 0.15) is 16.7 Å². The molecule has 6 nitrogen and oxygen atoms in total. The number of aliphatic carboxylic acids is 1. The molecule has 0 bridgehead atoms. The van der Waals surface area contributed by atoms with E-state index in [-0.39, 0.29) is 12.3 Å². The molecule has 1 aromatic heterocycles. The molecule has 8 heteroatoms. The van der Waals surface area contributed by atoms with E-state index in [1.807, 2.05) is 72.8 Å². The van der Waals surface area contributed by atoms with E-state index in [9.17, 15) is 14.7 Å². The van der Waals surface area contributed by atoms with E-state index >= 15 is 0 Å². The van der Waals surface area contributed by atoms with Gasteiger partial charge in [0.05, 0.1) is 11.4 Å². The summed E-state index contributed by atoms with van der Waals surface area (Å²) in [4.78, 5) is 28.3. The van der Waals surface area contributed by atoms with Crippen molar-refractivity contribution in [2.45, 2.75) is 25.5 Å². The maximum Gasteiger partial charge on any atom is 0.326 e. The summed E-state index contributed by atoms with van der Waals surface area (Å²) in [5.74, 6) is -0.883. The second-order valence-electron chi connectivity index (χ2n) is 8.58. The van der Waals surface area contributed by atoms with Gasteiger partial charge in [0.1, 0.15) is 18.4 Å². The van der Waals surface area contributed by atoms with Crippen molar-refractivity contribution in [3.8, 4) is 5.75 Å². The van der Waals surface area contributed by atoms with Gasteiger partial charge >= 0.3 is 5.97 Å². The number of H-pyrrole nitrogens is 1. The number of ether oxygens (including phenoxy) is 1. The maximum absolute atomic E-state index is 13.0. The lowest BCUT2D eigenvalue weighted by Crippen LogP contribution is -2.45. The number of carbonyl (C=O) groups is 2. The first-order valence-electron chi connectivity index (χ1n) is 11.6. The van der Waals surface area contributed by atoms with Crippen LogP contribution in [0.15, 0.2) is 83.5 Å². The number of fused-ring (bicyclic) bond motifs is 1. The number of rotatable bonds is 11. The van der Waals surface area contributed by atoms with Crippen molar-refractivity contribution in [3.05, 3.63) is 100 Å². The third-order valence-electron chi connectivity index (χ3n) is 6.00. The number of amides is 1. The number of halogens is 1. The van der Waals surface area contributed by atoms with E-state index in [0.29, 0.717) is 24.5 Å². The fourth-order valence-electron chi connectivity index (χ4n) is 4.11. The largest absolute Gasteiger partial charge is 0.487 e. The summed E-state index contributed by atoms with van der Waals surface area (Å²) in [6, 6.07) is 22.2. The fourth-order valence-corrected chi connectivity index (χ4v) is 4.85. The van der Waals surface area contributed by atoms with Crippen molar-refractivity contribution in [1.82, 2.24) is 10.3 Å². The minimum absolute atomic E-state index is 0.138. The minimum Gasteiger partial charge on any atom is -0.487 e. The predicted molar refractivity (Wildman–Crippen MR) is 148 cm³/mol. The highest BCUT2D eigenvalue weighted by Crippen LogP contribution is 2.29. The van der Waals surface area contributed by atoms with Crippen molar-refractivity contribution in [1.29, 1.82) is 0 Å². The Balaban J connectivity index is 1.46. The molecule has 0 saturated carbocycles. The van der Waals surface area contributed by atoms with Gasteiger partial charge in [0.15, 0.2) is 0 Å². The summed E-state index contributed by atoms with van der Waals surface area (Å²) in [6.45, 7) is 0.422. The molecule has 0 aliphatic carbocycles. The third-order valence-corrected chi connectivity index (χ3v) is 6.94. The Hall–Kier alpha value is -3.23. The number of benzene rings is 3. The lowest BCUT2D eigenvalue weighted by atomic mass is 9.99. The lowest BCUT2D eigenvalue weighted by Gasteiger charge is -2.19. The van der Waals surface area contributed by atoms with E-state index in [2.05, 4.69) is 38.9 Å². The van der Waals surface area contributed by atoms with Crippen LogP contribution in [0.25, 0.3) is 10.9 Å². The van der Waals surface area contributed by atoms with E-state index in [1.54, 1.807) is 6.20 Å². The standard InChI is InChI=1S/C28H27BrN2O4S/c29-22-9-4-8-19(13-22)12-21(17-36)27(32)31-24(28(33)34)14-20-15-30-26-23(20)10-5-11-25(26)35-16-18-6-2-1-3-7-18/h1-11,13,15,21,24,30,36H,12,14,16-17H2,(H,31,32)(H,33,34). The Kier molecular flexibility index (Phi) is 8.72. The highest BCUT2D eigenvalue weighted by Gasteiger charge is 2.26. The second kappa shape index (κ2) is 12.1. The van der Waals surface area contributed by atoms with Gasteiger partial charge in [-0.1, -0.05) is 70.5 Å². The molecular formula is C28H27BrN2O4S. The highest BCUT2D eigenvalue weighted by molar-refractivity contribution is 9.10. The Bertz CT molecular complexity index is 1340. The maximum atomic E-state index is 13.0. The third kappa shape index (κ3) is 6.50. The number of para-hydroxylation sites is 1. The van der Waals surface area contributed by atoms with Gasteiger partial charge in [-0.15, -0.1) is 0 Å². The number of carboxylic acid groups (broad SMARTS) is 1. The lowest BCUT2D eigenvalue weighted by molar-refractivity contribution is -0.142. The van der Waals surface area contributed by atoms with Crippen molar-refractivity contribution in [2.24, 2.45) is 5.92 Å². The van der Waals surface area contributed by atoms with Crippen molar-refractivity contribution in [3.63, 3.8) is 0 Å². The molecule has 4 rings (SSSR count). The Labute approximate surface area is 223 Å². The molecule has 4 aromatic rings. The molecule has 186 valence electrons. The van der Waals surface area contributed by atoms with Crippen LogP contribution in [0.5, 0.6) is 5.75 Å². The van der Waals surface area contributed by atoms with Crippen LogP contribution in [0.2, 0.25) is 0 Å². The van der Waals surface area contributed by atoms with Crippen LogP contribution in [0, 0.1) is 5.92 Å². The number of carboxylic acids is 1. The van der Waals surface area contributed by atoms with Crippen LogP contribution in [-0.4, -0.2) is 33.8 Å². The molecule has 0 spiro atoms. The number of aromatic amines is 1. The average Bonchev–Trinajstić information content (AvgIpc) is 3.29. The minimum atomic E-state index is -1.09. The first kappa shape index (κ1) is 25.9. The van der Waals surface area contributed by atoms with Crippen LogP contribution in [-0.2, 0) is 29.0 Å². The van der Waals surface area contributed by atoms with E-state index < -0.39 is 17.9 Å². The fraction of sp³-hybridized carbons (Fsp3) is 0.214. The summed E-state index contributed by atoms with van der Waals surface area (Å²) in [6.07, 6.45) is 2.38. The quantitative estimate of drug-likeness (QED) is 0.183. The zero-order chi connectivity index (χ0) is 25.5. The van der Waals surface area contributed by atoms with E-state index in [0.717, 1.165) is 32.1 Å². The Morgan fingerprint density at radius 1 is 1.00 bits per heavy atom. The SMILES string of the molecule is O=C(NC(Cc1c[nH]c2c(OCc3ccccc3)cccc12)C(=O)O)C(CS)Cc1cccc(Br)c1. The molecule has 36 heavy (non-hydrogen) atoms. The smallest absolute Gasteiger partial charge is 0.326 e. The van der Waals surface area contributed by atoms with Gasteiger partial charge in [-0.05, 0) is 41.3 Å². The molecule has 0 aliphatic rings. The van der Waals surface area contributed by atoms with E-state index in [4.69, 9.17) is 4.74 Å². The van der Waals surface area contributed by atoms with Crippen LogP contribution >= 0.6 is 28.6 Å². The topological polar surface area (TPSA) is 91.4 Å². The molecule has 3 N–H and O–H groups in total. The molecule has 1 heterocycles. The zero-order valence-electron chi connectivity index (χ0n) is 19.5. The summed E-state index contributed by atoms with van der Waals surface area (Å²) < 4.78 is 6.94. The predicted octanol–water partition coefficient (Wildman–Crippen LogP) is 5.41. The van der Waals surface area contributed by atoms with Crippen LogP contribution < -0.4 is 10.1 Å². The van der Waals surface area contributed by atoms with Crippen molar-refractivity contribution < 1.29 is 19.4 Å². The van der Waals surface area contributed by atoms with Crippen molar-refractivity contribution in [2.75, 3.05) is 5.75 Å². The summed E-state index contributed by atoms with van der Waals surface area (Å²) >= 11 is 7.78. The Morgan fingerprint density at radius 3 is 2.47 bits per heavy atom. The highest BCUT2D eigenvalue weighted by atomic mass is 79.9. The van der Waals surface area contributed by atoms with Gasteiger partial charge in [-0.3, -0.25) is 4.79 Å². The Morgan fingerprint density at radius 2 is 1.75 bits per heavy atom. The van der Waals surface area contributed by atoms with E-state index in [1.165, 1.54) is 0 Å². The molecular weight excluding hydrogens is 540 g/mol. The van der Waals surface area contributed by atoms with Gasteiger partial charge in [0, 0.05) is 28.2 Å². The molecule has 3 aromatic carbocycles. The zero-order valence-corrected chi connectivity index (χ0v) is 22.0. The molecule has 0 fully saturated rings. The van der Waals surface area contributed by atoms with Crippen molar-refractivity contribution >= 4 is 51.3 Å². The molecule has 2 atom stereocenters. The summed E-state index contributed by atoms with van der Waals surface area (Å²) in [5, 5.41) is 13.4. The molecule has 0 radical (unpaired) electrons. The molecule has 1 amide bonds. The summed E-state index contributed by atoms with van der Waals surface area (Å²) in [7, 11) is 0. The first-order chi connectivity index (χ1) is 17.4. The van der Waals surface area contributed by atoms with Crippen LogP contribution in [0.3, 0.4) is 0 Å². The van der Waals surface area contributed by atoms with Gasteiger partial charge in [-0.2, -0.15) is 12.6 Å². The number of aromatic nitrogens is 1. The van der Waals surface area contributed by atoms with Crippen LogP contribution in [0.4, 0.5) is 0 Å². The summed E-state index contributed by atoms with van der Waals surface area (Å²) in [5.41, 5.74) is 3.61. The van der Waals surface area contributed by atoms with Gasteiger partial charge in [0.25, 0.3) is 0 Å². The molecule has 2 unspecified atom stereocenters.